The van der Waals surface area contributed by atoms with Gasteiger partial charge in [0.25, 0.3) is 0 Å². The summed E-state index contributed by atoms with van der Waals surface area (Å²) in [6.45, 7) is 4.23. The van der Waals surface area contributed by atoms with Crippen molar-refractivity contribution in [2.45, 2.75) is 32.1 Å². The average molecular weight is 344 g/mol. The third-order valence-electron chi connectivity index (χ3n) is 4.27. The summed E-state index contributed by atoms with van der Waals surface area (Å²) >= 11 is 12.4. The predicted octanol–water partition coefficient (Wildman–Crippen LogP) is 3.50. The van der Waals surface area contributed by atoms with Gasteiger partial charge in [0.2, 0.25) is 5.91 Å². The Morgan fingerprint density at radius 1 is 1.23 bits per heavy atom. The first-order valence-electron chi connectivity index (χ1n) is 7.19. The molecule has 6 heteroatoms. The van der Waals surface area contributed by atoms with Crippen molar-refractivity contribution in [1.29, 1.82) is 0 Å². The summed E-state index contributed by atoms with van der Waals surface area (Å²) in [6, 6.07) is 5.30. The molecule has 1 saturated carbocycles. The fraction of sp³-hybridized carbons (Fsp3) is 0.500. The fourth-order valence-electron chi connectivity index (χ4n) is 2.78. The van der Waals surface area contributed by atoms with Crippen molar-refractivity contribution in [3.63, 3.8) is 0 Å². The van der Waals surface area contributed by atoms with Crippen LogP contribution in [0.1, 0.15) is 32.3 Å². The summed E-state index contributed by atoms with van der Waals surface area (Å²) in [6.07, 6.45) is 1.18. The normalized spacial score (nSPS) is 21.1. The van der Waals surface area contributed by atoms with Crippen LogP contribution in [0.5, 0.6) is 0 Å². The molecule has 0 saturated heterocycles. The number of nitrogens with one attached hydrogen (secondary N) is 1. The minimum absolute atomic E-state index is 0.213. The van der Waals surface area contributed by atoms with Crippen LogP contribution >= 0.6 is 23.2 Å². The number of benzene rings is 1. The van der Waals surface area contributed by atoms with Crippen LogP contribution in [0.3, 0.4) is 0 Å². The molecule has 1 amide bonds. The van der Waals surface area contributed by atoms with Crippen molar-refractivity contribution in [3.8, 4) is 0 Å². The third-order valence-corrected chi connectivity index (χ3v) is 4.90. The Hall–Kier alpha value is -1.26. The summed E-state index contributed by atoms with van der Waals surface area (Å²) in [5, 5.41) is 13.0. The van der Waals surface area contributed by atoms with E-state index in [9.17, 15) is 9.59 Å². The number of carbonyl (C=O) groups is 2. The van der Waals surface area contributed by atoms with Gasteiger partial charge in [-0.15, -0.1) is 0 Å². The van der Waals surface area contributed by atoms with Crippen molar-refractivity contribution in [3.05, 3.63) is 33.8 Å². The van der Waals surface area contributed by atoms with Crippen LogP contribution in [0, 0.1) is 11.8 Å². The number of rotatable bonds is 5. The number of aliphatic carboxylic acids is 1. The number of carboxylic acids is 1. The highest BCUT2D eigenvalue weighted by Crippen LogP contribution is 2.37. The summed E-state index contributed by atoms with van der Waals surface area (Å²) in [7, 11) is 0. The number of carbonyl (C=O) groups excluding carboxylic acids is 1. The Morgan fingerprint density at radius 2 is 1.77 bits per heavy atom. The molecule has 2 N–H and O–H groups in total. The number of carboxylic acid groups (broad SMARTS) is 1. The zero-order valence-electron chi connectivity index (χ0n) is 12.5. The first-order valence-corrected chi connectivity index (χ1v) is 7.94. The van der Waals surface area contributed by atoms with Crippen LogP contribution in [0.25, 0.3) is 0 Å². The molecule has 4 nitrogen and oxygen atoms in total. The Bertz CT molecular complexity index is 581. The Morgan fingerprint density at radius 3 is 2.23 bits per heavy atom. The molecule has 1 aromatic rings. The Kier molecular flexibility index (Phi) is 5.03. The molecule has 22 heavy (non-hydrogen) atoms. The number of hydrogen-bond acceptors (Lipinski definition) is 2. The molecule has 2 rings (SSSR count). The van der Waals surface area contributed by atoms with E-state index < -0.39 is 23.2 Å². The van der Waals surface area contributed by atoms with Crippen LogP contribution < -0.4 is 5.32 Å². The molecule has 0 bridgehead atoms. The van der Waals surface area contributed by atoms with Gasteiger partial charge < -0.3 is 10.4 Å². The molecule has 0 spiro atoms. The number of amides is 1. The van der Waals surface area contributed by atoms with E-state index in [1.165, 1.54) is 0 Å². The van der Waals surface area contributed by atoms with E-state index in [2.05, 4.69) is 5.32 Å². The smallest absolute Gasteiger partial charge is 0.307 e. The van der Waals surface area contributed by atoms with Gasteiger partial charge in [0.1, 0.15) is 0 Å². The molecular formula is C16H19Cl2NO3. The van der Waals surface area contributed by atoms with Gasteiger partial charge in [-0.05, 0) is 30.5 Å². The molecular weight excluding hydrogens is 325 g/mol. The van der Waals surface area contributed by atoms with E-state index in [0.717, 1.165) is 5.56 Å². The molecule has 1 fully saturated rings. The van der Waals surface area contributed by atoms with Gasteiger partial charge in [0, 0.05) is 22.0 Å². The highest BCUT2D eigenvalue weighted by molar-refractivity contribution is 6.36. The van der Waals surface area contributed by atoms with Gasteiger partial charge in [-0.1, -0.05) is 43.1 Å². The maximum Gasteiger partial charge on any atom is 0.307 e. The molecule has 0 radical (unpaired) electrons. The first kappa shape index (κ1) is 17.1. The van der Waals surface area contributed by atoms with Crippen molar-refractivity contribution in [2.24, 2.45) is 11.8 Å². The Balaban J connectivity index is 2.04. The molecule has 0 aliphatic heterocycles. The standard InChI is InChI=1S/C16H19Cl2NO3/c1-16(2,13-11(17)4-3-5-12(13)18)8-19-14(20)9-6-7-10(9)15(21)22/h3-5,9-10H,6-8H2,1-2H3,(H,19,20)(H,21,22). The average Bonchev–Trinajstić information content (AvgIpc) is 2.34. The van der Waals surface area contributed by atoms with Gasteiger partial charge in [0.05, 0.1) is 11.8 Å². The molecule has 1 aliphatic rings. The van der Waals surface area contributed by atoms with Gasteiger partial charge in [-0.2, -0.15) is 0 Å². The lowest BCUT2D eigenvalue weighted by molar-refractivity contribution is -0.152. The van der Waals surface area contributed by atoms with E-state index >= 15 is 0 Å². The maximum atomic E-state index is 12.1. The molecule has 0 aromatic heterocycles. The first-order chi connectivity index (χ1) is 10.2. The molecule has 1 aromatic carbocycles. The second-order valence-electron chi connectivity index (χ2n) is 6.33. The van der Waals surface area contributed by atoms with Gasteiger partial charge in [-0.25, -0.2) is 0 Å². The van der Waals surface area contributed by atoms with Gasteiger partial charge in [0.15, 0.2) is 0 Å². The number of halogens is 2. The Labute approximate surface area is 139 Å². The summed E-state index contributed by atoms with van der Waals surface area (Å²) in [5.74, 6) is -2.11. The highest BCUT2D eigenvalue weighted by Gasteiger charge is 2.41. The van der Waals surface area contributed by atoms with E-state index in [4.69, 9.17) is 28.3 Å². The topological polar surface area (TPSA) is 66.4 Å². The zero-order chi connectivity index (χ0) is 16.5. The lowest BCUT2D eigenvalue weighted by atomic mass is 9.73. The summed E-state index contributed by atoms with van der Waals surface area (Å²) in [5.41, 5.74) is 0.329. The zero-order valence-corrected chi connectivity index (χ0v) is 14.0. The van der Waals surface area contributed by atoms with Crippen molar-refractivity contribution in [1.82, 2.24) is 5.32 Å². The third kappa shape index (κ3) is 3.39. The summed E-state index contributed by atoms with van der Waals surface area (Å²) in [4.78, 5) is 23.1. The monoisotopic (exact) mass is 343 g/mol. The van der Waals surface area contributed by atoms with Crippen LogP contribution in [-0.4, -0.2) is 23.5 Å². The van der Waals surface area contributed by atoms with E-state index in [1.54, 1.807) is 18.2 Å². The fourth-order valence-corrected chi connectivity index (χ4v) is 3.69. The van der Waals surface area contributed by atoms with Crippen LogP contribution in [0.2, 0.25) is 10.0 Å². The van der Waals surface area contributed by atoms with E-state index in [1.807, 2.05) is 13.8 Å². The van der Waals surface area contributed by atoms with Gasteiger partial charge in [-0.3, -0.25) is 9.59 Å². The minimum atomic E-state index is -0.903. The molecule has 120 valence electrons. The largest absolute Gasteiger partial charge is 0.481 e. The van der Waals surface area contributed by atoms with E-state index in [-0.39, 0.29) is 5.91 Å². The maximum absolute atomic E-state index is 12.1. The van der Waals surface area contributed by atoms with E-state index in [0.29, 0.717) is 29.4 Å². The van der Waals surface area contributed by atoms with Crippen molar-refractivity contribution >= 4 is 35.1 Å². The van der Waals surface area contributed by atoms with Crippen LogP contribution in [0.15, 0.2) is 18.2 Å². The molecule has 2 atom stereocenters. The minimum Gasteiger partial charge on any atom is -0.481 e. The number of hydrogen-bond donors (Lipinski definition) is 2. The van der Waals surface area contributed by atoms with Crippen molar-refractivity contribution in [2.75, 3.05) is 6.54 Å². The van der Waals surface area contributed by atoms with Crippen LogP contribution in [0.4, 0.5) is 0 Å². The predicted molar refractivity (Wildman–Crippen MR) is 86.3 cm³/mol. The molecule has 1 aliphatic carbocycles. The quantitative estimate of drug-likeness (QED) is 0.859. The lowest BCUT2D eigenvalue weighted by Crippen LogP contribution is -2.47. The van der Waals surface area contributed by atoms with Gasteiger partial charge >= 0.3 is 5.97 Å². The van der Waals surface area contributed by atoms with Crippen molar-refractivity contribution < 1.29 is 14.7 Å². The highest BCUT2D eigenvalue weighted by atomic mass is 35.5. The SMILES string of the molecule is CC(C)(CNC(=O)C1CCC1C(=O)O)c1c(Cl)cccc1Cl. The lowest BCUT2D eigenvalue weighted by Gasteiger charge is -2.34. The summed E-state index contributed by atoms with van der Waals surface area (Å²) < 4.78 is 0. The second kappa shape index (κ2) is 6.47. The van der Waals surface area contributed by atoms with Crippen LogP contribution in [-0.2, 0) is 15.0 Å². The molecule has 0 heterocycles. The second-order valence-corrected chi connectivity index (χ2v) is 7.14. The molecule has 2 unspecified atom stereocenters.